The number of esters is 1. The third-order valence-corrected chi connectivity index (χ3v) is 6.00. The number of pyridine rings is 1. The summed E-state index contributed by atoms with van der Waals surface area (Å²) >= 11 is 12.2. The van der Waals surface area contributed by atoms with E-state index in [9.17, 15) is 14.7 Å². The lowest BCUT2D eigenvalue weighted by Crippen LogP contribution is -2.39. The Balaban J connectivity index is 2.18. The van der Waals surface area contributed by atoms with E-state index in [1.807, 2.05) is 27.7 Å². The van der Waals surface area contributed by atoms with E-state index in [0.717, 1.165) is 0 Å². The SMILES string of the molecule is COc1ccnc(C(=O)C[C@@H](CC(C)C)C(=O)O[C@@H](C)[C@H](Oc2ccc(Cl)cc2Cl)C(C)C)c1O. The van der Waals surface area contributed by atoms with Crippen LogP contribution >= 0.6 is 23.2 Å². The first kappa shape index (κ1) is 28.7. The third-order valence-electron chi connectivity index (χ3n) is 5.47. The van der Waals surface area contributed by atoms with Gasteiger partial charge in [-0.2, -0.15) is 0 Å². The number of benzene rings is 1. The molecule has 3 atom stereocenters. The average molecular weight is 526 g/mol. The second kappa shape index (κ2) is 13.0. The van der Waals surface area contributed by atoms with Crippen LogP contribution in [0.4, 0.5) is 0 Å². The number of rotatable bonds is 12. The Bertz CT molecular complexity index is 1030. The molecular weight excluding hydrogens is 493 g/mol. The maximum Gasteiger partial charge on any atom is 0.309 e. The molecule has 1 aromatic carbocycles. The summed E-state index contributed by atoms with van der Waals surface area (Å²) in [7, 11) is 1.38. The number of hydrogen-bond donors (Lipinski definition) is 1. The van der Waals surface area contributed by atoms with E-state index in [4.69, 9.17) is 37.4 Å². The highest BCUT2D eigenvalue weighted by molar-refractivity contribution is 6.35. The summed E-state index contributed by atoms with van der Waals surface area (Å²) in [5, 5.41) is 11.1. The summed E-state index contributed by atoms with van der Waals surface area (Å²) in [5.74, 6) is -1.36. The van der Waals surface area contributed by atoms with Gasteiger partial charge in [0.2, 0.25) is 0 Å². The summed E-state index contributed by atoms with van der Waals surface area (Å²) in [4.78, 5) is 30.1. The predicted molar refractivity (Wildman–Crippen MR) is 136 cm³/mol. The van der Waals surface area contributed by atoms with Gasteiger partial charge in [0.25, 0.3) is 0 Å². The van der Waals surface area contributed by atoms with Crippen LogP contribution in [0, 0.1) is 17.8 Å². The van der Waals surface area contributed by atoms with Crippen LogP contribution in [0.3, 0.4) is 0 Å². The molecule has 1 aromatic heterocycles. The fourth-order valence-electron chi connectivity index (χ4n) is 3.80. The maximum absolute atomic E-state index is 13.2. The number of halogens is 2. The van der Waals surface area contributed by atoms with Crippen molar-refractivity contribution in [1.29, 1.82) is 0 Å². The van der Waals surface area contributed by atoms with Gasteiger partial charge in [0, 0.05) is 23.7 Å². The largest absolute Gasteiger partial charge is 0.503 e. The molecule has 1 N–H and O–H groups in total. The van der Waals surface area contributed by atoms with Crippen LogP contribution in [-0.4, -0.2) is 41.2 Å². The van der Waals surface area contributed by atoms with Crippen LogP contribution in [0.15, 0.2) is 30.5 Å². The zero-order valence-electron chi connectivity index (χ0n) is 20.9. The molecule has 0 spiro atoms. The van der Waals surface area contributed by atoms with E-state index in [1.165, 1.54) is 19.4 Å². The molecule has 0 saturated heterocycles. The molecule has 0 aliphatic heterocycles. The molecule has 2 rings (SSSR count). The van der Waals surface area contributed by atoms with Crippen LogP contribution in [0.25, 0.3) is 0 Å². The molecule has 0 amide bonds. The Morgan fingerprint density at radius 2 is 1.74 bits per heavy atom. The number of ether oxygens (including phenoxy) is 3. The molecule has 2 aromatic rings. The first-order valence-electron chi connectivity index (χ1n) is 11.5. The first-order valence-corrected chi connectivity index (χ1v) is 12.3. The molecule has 35 heavy (non-hydrogen) atoms. The second-order valence-electron chi connectivity index (χ2n) is 9.21. The summed E-state index contributed by atoms with van der Waals surface area (Å²) in [6.45, 7) is 9.56. The van der Waals surface area contributed by atoms with Crippen molar-refractivity contribution in [2.75, 3.05) is 7.11 Å². The minimum absolute atomic E-state index is 0.00680. The van der Waals surface area contributed by atoms with Gasteiger partial charge >= 0.3 is 5.97 Å². The number of ketones is 1. The number of methoxy groups -OCH3 is 1. The van der Waals surface area contributed by atoms with Crippen molar-refractivity contribution in [3.63, 3.8) is 0 Å². The fourth-order valence-corrected chi connectivity index (χ4v) is 4.25. The quantitative estimate of drug-likeness (QED) is 0.254. The Hall–Kier alpha value is -2.51. The first-order chi connectivity index (χ1) is 16.4. The summed E-state index contributed by atoms with van der Waals surface area (Å²) in [5.41, 5.74) is -0.139. The lowest BCUT2D eigenvalue weighted by Gasteiger charge is -2.30. The Morgan fingerprint density at radius 3 is 2.31 bits per heavy atom. The van der Waals surface area contributed by atoms with Crippen LogP contribution in [-0.2, 0) is 9.53 Å². The molecule has 0 radical (unpaired) electrons. The van der Waals surface area contributed by atoms with E-state index in [1.54, 1.807) is 25.1 Å². The monoisotopic (exact) mass is 525 g/mol. The molecule has 0 bridgehead atoms. The van der Waals surface area contributed by atoms with Crippen molar-refractivity contribution in [1.82, 2.24) is 4.98 Å². The molecule has 7 nitrogen and oxygen atoms in total. The number of carbonyl (C=O) groups is 2. The van der Waals surface area contributed by atoms with Gasteiger partial charge in [-0.05, 0) is 43.4 Å². The average Bonchev–Trinajstić information content (AvgIpc) is 2.77. The lowest BCUT2D eigenvalue weighted by molar-refractivity contribution is -0.159. The van der Waals surface area contributed by atoms with E-state index in [0.29, 0.717) is 22.2 Å². The van der Waals surface area contributed by atoms with Gasteiger partial charge in [-0.25, -0.2) is 4.98 Å². The van der Waals surface area contributed by atoms with Crippen LogP contribution in [0.2, 0.25) is 10.0 Å². The zero-order valence-corrected chi connectivity index (χ0v) is 22.4. The highest BCUT2D eigenvalue weighted by Crippen LogP contribution is 2.32. The third kappa shape index (κ3) is 8.00. The topological polar surface area (TPSA) is 95.0 Å². The second-order valence-corrected chi connectivity index (χ2v) is 10.1. The van der Waals surface area contributed by atoms with E-state index >= 15 is 0 Å². The molecule has 0 unspecified atom stereocenters. The maximum atomic E-state index is 13.2. The fraction of sp³-hybridized carbons (Fsp3) is 0.500. The van der Waals surface area contributed by atoms with Crippen molar-refractivity contribution in [2.45, 2.75) is 59.7 Å². The number of aromatic nitrogens is 1. The van der Waals surface area contributed by atoms with Gasteiger partial charge in [0.1, 0.15) is 18.0 Å². The number of nitrogens with zero attached hydrogens (tertiary/aromatic N) is 1. The molecule has 192 valence electrons. The van der Waals surface area contributed by atoms with Crippen molar-refractivity contribution >= 4 is 35.0 Å². The Kier molecular flexibility index (Phi) is 10.7. The van der Waals surface area contributed by atoms with Gasteiger partial charge in [0.05, 0.1) is 18.1 Å². The van der Waals surface area contributed by atoms with Crippen LogP contribution in [0.1, 0.15) is 57.9 Å². The van der Waals surface area contributed by atoms with Crippen LogP contribution < -0.4 is 9.47 Å². The summed E-state index contributed by atoms with van der Waals surface area (Å²) in [6, 6.07) is 6.37. The molecule has 0 aliphatic rings. The van der Waals surface area contributed by atoms with E-state index in [-0.39, 0.29) is 35.4 Å². The van der Waals surface area contributed by atoms with Gasteiger partial charge < -0.3 is 19.3 Å². The standard InChI is InChI=1S/C26H33Cl2NO6/c1-14(2)11-17(12-20(30)23-24(31)22(33-6)9-10-29-23)26(32)34-16(5)25(15(3)4)35-21-8-7-18(27)13-19(21)28/h7-10,13-17,25,31H,11-12H2,1-6H3/t16-,17+,25+/m0/s1. The van der Waals surface area contributed by atoms with Gasteiger partial charge in [-0.15, -0.1) is 0 Å². The van der Waals surface area contributed by atoms with Crippen molar-refractivity contribution in [2.24, 2.45) is 17.8 Å². The van der Waals surface area contributed by atoms with Gasteiger partial charge in [0.15, 0.2) is 23.0 Å². The molecule has 9 heteroatoms. The Morgan fingerprint density at radius 1 is 1.06 bits per heavy atom. The minimum atomic E-state index is -0.718. The molecule has 0 aliphatic carbocycles. The smallest absolute Gasteiger partial charge is 0.309 e. The zero-order chi connectivity index (χ0) is 26.3. The number of aromatic hydroxyl groups is 1. The normalized spacial score (nSPS) is 13.9. The van der Waals surface area contributed by atoms with Crippen molar-refractivity contribution < 1.29 is 28.9 Å². The molecule has 0 saturated carbocycles. The Labute approximate surface area is 216 Å². The van der Waals surface area contributed by atoms with Crippen molar-refractivity contribution in [3.05, 3.63) is 46.2 Å². The number of Topliss-reactive ketones (excluding diaryl/α,β-unsaturated/α-hetero) is 1. The molecule has 1 heterocycles. The van der Waals surface area contributed by atoms with Crippen molar-refractivity contribution in [3.8, 4) is 17.2 Å². The number of carbonyl (C=O) groups excluding carboxylic acids is 2. The molecule has 0 fully saturated rings. The van der Waals surface area contributed by atoms with E-state index < -0.39 is 29.9 Å². The van der Waals surface area contributed by atoms with Gasteiger partial charge in [-0.3, -0.25) is 9.59 Å². The highest BCUT2D eigenvalue weighted by atomic mass is 35.5. The highest BCUT2D eigenvalue weighted by Gasteiger charge is 2.32. The molecular formula is C26H33Cl2NO6. The summed E-state index contributed by atoms with van der Waals surface area (Å²) < 4.78 is 16.9. The lowest BCUT2D eigenvalue weighted by atomic mass is 9.91. The summed E-state index contributed by atoms with van der Waals surface area (Å²) in [6.07, 6.45) is 0.529. The number of hydrogen-bond acceptors (Lipinski definition) is 7. The minimum Gasteiger partial charge on any atom is -0.503 e. The van der Waals surface area contributed by atoms with Crippen LogP contribution in [0.5, 0.6) is 17.2 Å². The predicted octanol–water partition coefficient (Wildman–Crippen LogP) is 6.37. The van der Waals surface area contributed by atoms with E-state index in [2.05, 4.69) is 4.98 Å². The van der Waals surface area contributed by atoms with Gasteiger partial charge in [-0.1, -0.05) is 50.9 Å².